The fourth-order valence-electron chi connectivity index (χ4n) is 6.24. The monoisotopic (exact) mass is 160 g/mol. The molecule has 0 saturated heterocycles. The van der Waals surface area contributed by atoms with Crippen molar-refractivity contribution in [1.29, 1.82) is 0 Å². The van der Waals surface area contributed by atoms with E-state index >= 15 is 0 Å². The fourth-order valence-corrected chi connectivity index (χ4v) is 6.24. The van der Waals surface area contributed by atoms with Crippen LogP contribution < -0.4 is 0 Å². The van der Waals surface area contributed by atoms with E-state index in [1.54, 1.807) is 0 Å². The van der Waals surface area contributed by atoms with Gasteiger partial charge in [-0.3, -0.25) is 4.79 Å². The molecule has 6 saturated carbocycles. The van der Waals surface area contributed by atoms with E-state index in [1.807, 2.05) is 0 Å². The topological polar surface area (TPSA) is 17.1 Å². The normalized spacial score (nSPS) is 79.2. The molecule has 6 aliphatic carbocycles. The van der Waals surface area contributed by atoms with Gasteiger partial charge in [0, 0.05) is 11.8 Å². The Hall–Kier alpha value is -0.330. The number of hydrogen-bond acceptors (Lipinski definition) is 1. The Kier molecular flexibility index (Phi) is 0.547. The minimum Gasteiger partial charge on any atom is -0.299 e. The Morgan fingerprint density at radius 3 is 1.83 bits per heavy atom. The van der Waals surface area contributed by atoms with E-state index in [4.69, 9.17) is 0 Å². The van der Waals surface area contributed by atoms with Gasteiger partial charge < -0.3 is 0 Å². The molecule has 12 heavy (non-hydrogen) atoms. The van der Waals surface area contributed by atoms with Gasteiger partial charge in [0.05, 0.1) is 0 Å². The standard InChI is InChI=1S/C11H12O/c12-11-9-5-1-3-4-2-6(7(3)9)10(11)8(4)5/h3-10H,1-2H2/t3-,4+,5-,6-,7+,8+,9+,10-/m1/s1. The summed E-state index contributed by atoms with van der Waals surface area (Å²) in [4.78, 5) is 11.9. The molecule has 6 aliphatic rings. The maximum Gasteiger partial charge on any atom is 0.140 e. The fraction of sp³-hybridized carbons (Fsp3) is 0.909. The molecular weight excluding hydrogens is 148 g/mol. The minimum atomic E-state index is 0.591. The lowest BCUT2D eigenvalue weighted by atomic mass is 9.71. The van der Waals surface area contributed by atoms with Crippen LogP contribution in [-0.2, 0) is 4.79 Å². The summed E-state index contributed by atoms with van der Waals surface area (Å²) in [5.74, 6) is 7.54. The molecule has 0 amide bonds. The van der Waals surface area contributed by atoms with Crippen molar-refractivity contribution >= 4 is 5.78 Å². The molecule has 0 aromatic carbocycles. The Morgan fingerprint density at radius 1 is 0.833 bits per heavy atom. The predicted octanol–water partition coefficient (Wildman–Crippen LogP) is 1.33. The summed E-state index contributed by atoms with van der Waals surface area (Å²) in [6.45, 7) is 0. The second-order valence-corrected chi connectivity index (χ2v) is 5.74. The zero-order valence-corrected chi connectivity index (χ0v) is 6.94. The molecule has 0 aliphatic heterocycles. The van der Waals surface area contributed by atoms with E-state index in [0.29, 0.717) is 17.6 Å². The van der Waals surface area contributed by atoms with Gasteiger partial charge in [-0.2, -0.15) is 0 Å². The number of carbonyl (C=O) groups is 1. The van der Waals surface area contributed by atoms with Crippen molar-refractivity contribution in [3.8, 4) is 0 Å². The number of ketones is 1. The molecule has 0 spiro atoms. The van der Waals surface area contributed by atoms with Gasteiger partial charge in [-0.15, -0.1) is 0 Å². The van der Waals surface area contributed by atoms with Crippen LogP contribution in [0, 0.1) is 47.3 Å². The van der Waals surface area contributed by atoms with Crippen LogP contribution in [0.4, 0.5) is 0 Å². The molecule has 8 atom stereocenters. The van der Waals surface area contributed by atoms with Crippen LogP contribution in [0.15, 0.2) is 0 Å². The average Bonchev–Trinajstić information content (AvgIpc) is 2.68. The van der Waals surface area contributed by atoms with E-state index in [1.165, 1.54) is 12.8 Å². The van der Waals surface area contributed by atoms with Crippen molar-refractivity contribution in [2.24, 2.45) is 47.3 Å². The minimum absolute atomic E-state index is 0.591. The summed E-state index contributed by atoms with van der Waals surface area (Å²) in [6, 6.07) is 0. The predicted molar refractivity (Wildman–Crippen MR) is 42.2 cm³/mol. The average molecular weight is 160 g/mol. The highest BCUT2D eigenvalue weighted by molar-refractivity contribution is 5.91. The largest absolute Gasteiger partial charge is 0.299 e. The maximum atomic E-state index is 11.9. The van der Waals surface area contributed by atoms with Gasteiger partial charge in [0.25, 0.3) is 0 Å². The van der Waals surface area contributed by atoms with Crippen LogP contribution in [0.25, 0.3) is 0 Å². The molecule has 1 heteroatoms. The van der Waals surface area contributed by atoms with E-state index in [9.17, 15) is 4.79 Å². The first kappa shape index (κ1) is 5.41. The Bertz CT molecular complexity index is 291. The lowest BCUT2D eigenvalue weighted by Gasteiger charge is -2.32. The Labute approximate surface area is 71.5 Å². The molecule has 6 rings (SSSR count). The number of rotatable bonds is 0. The quantitative estimate of drug-likeness (QED) is 0.522. The summed E-state index contributed by atoms with van der Waals surface area (Å²) in [7, 11) is 0. The van der Waals surface area contributed by atoms with Gasteiger partial charge in [0.2, 0.25) is 0 Å². The molecular formula is C11H12O. The van der Waals surface area contributed by atoms with Gasteiger partial charge in [-0.25, -0.2) is 0 Å². The number of carbonyl (C=O) groups excluding carboxylic acids is 1. The van der Waals surface area contributed by atoms with Crippen LogP contribution in [0.1, 0.15) is 12.8 Å². The van der Waals surface area contributed by atoms with E-state index in [0.717, 1.165) is 35.5 Å². The van der Waals surface area contributed by atoms with E-state index < -0.39 is 0 Å². The first-order valence-corrected chi connectivity index (χ1v) is 5.41. The third kappa shape index (κ3) is 0.272. The SMILES string of the molecule is O=C1[C@@H]2[C@@H]3C[C@H]4[C@H]5C[C@@H]([C@H]1[C@@H]53)[C@H]42. The van der Waals surface area contributed by atoms with Crippen LogP contribution in [0.2, 0.25) is 0 Å². The molecule has 0 aromatic heterocycles. The molecule has 0 aromatic rings. The second-order valence-electron chi connectivity index (χ2n) is 5.74. The molecule has 0 unspecified atom stereocenters. The van der Waals surface area contributed by atoms with E-state index in [-0.39, 0.29) is 0 Å². The molecule has 6 bridgehead atoms. The van der Waals surface area contributed by atoms with Gasteiger partial charge in [0.1, 0.15) is 5.78 Å². The zero-order valence-electron chi connectivity index (χ0n) is 6.94. The van der Waals surface area contributed by atoms with Crippen LogP contribution >= 0.6 is 0 Å². The van der Waals surface area contributed by atoms with Crippen molar-refractivity contribution in [3.05, 3.63) is 0 Å². The maximum absolute atomic E-state index is 11.9. The van der Waals surface area contributed by atoms with Gasteiger partial charge >= 0.3 is 0 Å². The van der Waals surface area contributed by atoms with Gasteiger partial charge in [-0.1, -0.05) is 0 Å². The lowest BCUT2D eigenvalue weighted by molar-refractivity contribution is -0.122. The highest BCUT2D eigenvalue weighted by Crippen LogP contribution is 2.81. The van der Waals surface area contributed by atoms with Crippen LogP contribution in [0.5, 0.6) is 0 Å². The number of Topliss-reactive ketones (excluding diaryl/α,β-unsaturated/α-hetero) is 1. The molecule has 62 valence electrons. The second kappa shape index (κ2) is 1.21. The summed E-state index contributed by atoms with van der Waals surface area (Å²) >= 11 is 0. The van der Waals surface area contributed by atoms with Gasteiger partial charge in [0.15, 0.2) is 0 Å². The van der Waals surface area contributed by atoms with Crippen molar-refractivity contribution < 1.29 is 4.79 Å². The first-order chi connectivity index (χ1) is 5.88. The van der Waals surface area contributed by atoms with Crippen molar-refractivity contribution in [2.75, 3.05) is 0 Å². The number of hydrogen-bond donors (Lipinski definition) is 0. The van der Waals surface area contributed by atoms with Gasteiger partial charge in [-0.05, 0) is 48.3 Å². The molecule has 1 nitrogen and oxygen atoms in total. The molecule has 0 N–H and O–H groups in total. The molecule has 0 heterocycles. The van der Waals surface area contributed by atoms with Crippen molar-refractivity contribution in [3.63, 3.8) is 0 Å². The summed E-state index contributed by atoms with van der Waals surface area (Å²) in [5, 5.41) is 0. The zero-order chi connectivity index (χ0) is 7.61. The van der Waals surface area contributed by atoms with Crippen molar-refractivity contribution in [1.82, 2.24) is 0 Å². The summed E-state index contributed by atoms with van der Waals surface area (Å²) in [5.41, 5.74) is 0. The smallest absolute Gasteiger partial charge is 0.140 e. The highest BCUT2D eigenvalue weighted by atomic mass is 16.1. The molecule has 0 radical (unpaired) electrons. The molecule has 6 fully saturated rings. The summed E-state index contributed by atoms with van der Waals surface area (Å²) in [6.07, 6.45) is 2.90. The Balaban J connectivity index is 1.94. The van der Waals surface area contributed by atoms with Crippen LogP contribution in [-0.4, -0.2) is 5.78 Å². The Morgan fingerprint density at radius 2 is 1.33 bits per heavy atom. The third-order valence-corrected chi connectivity index (χ3v) is 6.03. The van der Waals surface area contributed by atoms with E-state index in [2.05, 4.69) is 0 Å². The highest BCUT2D eigenvalue weighted by Gasteiger charge is 2.80. The third-order valence-electron chi connectivity index (χ3n) is 6.03. The summed E-state index contributed by atoms with van der Waals surface area (Å²) < 4.78 is 0. The van der Waals surface area contributed by atoms with Crippen molar-refractivity contribution in [2.45, 2.75) is 12.8 Å². The van der Waals surface area contributed by atoms with Crippen LogP contribution in [0.3, 0.4) is 0 Å². The first-order valence-electron chi connectivity index (χ1n) is 5.41. The lowest BCUT2D eigenvalue weighted by Crippen LogP contribution is -2.30.